The second kappa shape index (κ2) is 5.44. The van der Waals surface area contributed by atoms with Crippen molar-refractivity contribution in [3.63, 3.8) is 0 Å². The largest absolute Gasteiger partial charge is 0.351 e. The second-order valence-electron chi connectivity index (χ2n) is 6.64. The first-order chi connectivity index (χ1) is 11.1. The monoisotopic (exact) mass is 311 g/mol. The number of fused-ring (bicyclic) bond motifs is 2. The maximum absolute atomic E-state index is 12.2. The van der Waals surface area contributed by atoms with E-state index in [0.29, 0.717) is 6.54 Å². The van der Waals surface area contributed by atoms with Crippen LogP contribution in [0, 0.1) is 0 Å². The Bertz CT molecular complexity index is 811. The summed E-state index contributed by atoms with van der Waals surface area (Å²) in [5.41, 5.74) is 4.53. The van der Waals surface area contributed by atoms with Crippen LogP contribution in [0.25, 0.3) is 0 Å². The first-order valence-electron chi connectivity index (χ1n) is 8.33. The van der Waals surface area contributed by atoms with Gasteiger partial charge in [0.25, 0.3) is 5.56 Å². The van der Waals surface area contributed by atoms with Crippen LogP contribution < -0.4 is 10.5 Å². The van der Waals surface area contributed by atoms with Crippen molar-refractivity contribution in [3.05, 3.63) is 45.3 Å². The van der Waals surface area contributed by atoms with Gasteiger partial charge in [-0.05, 0) is 33.1 Å². The molecule has 0 saturated heterocycles. The van der Waals surface area contributed by atoms with Crippen molar-refractivity contribution in [1.29, 1.82) is 0 Å². The van der Waals surface area contributed by atoms with Gasteiger partial charge in [0.15, 0.2) is 0 Å². The molecule has 4 rings (SSSR count). The van der Waals surface area contributed by atoms with Gasteiger partial charge in [-0.15, -0.1) is 0 Å². The number of nitrogens with zero attached hydrogens (tertiary/aromatic N) is 5. The standard InChI is InChI=1S/C17H21N5O/c1-11(2)22-16(23)8-12-9-21(7-6-14(12)20-22)17-13-4-3-5-15(13)18-10-19-17/h8,10-11H,3-7,9H2,1-2H3. The van der Waals surface area contributed by atoms with Crippen molar-refractivity contribution in [3.8, 4) is 0 Å². The molecule has 2 aromatic rings. The smallest absolute Gasteiger partial charge is 0.267 e. The topological polar surface area (TPSA) is 63.9 Å². The highest BCUT2D eigenvalue weighted by atomic mass is 16.1. The highest BCUT2D eigenvalue weighted by molar-refractivity contribution is 5.52. The average Bonchev–Trinajstić information content (AvgIpc) is 3.02. The van der Waals surface area contributed by atoms with Gasteiger partial charge in [0.2, 0.25) is 0 Å². The van der Waals surface area contributed by atoms with Crippen LogP contribution in [0.1, 0.15) is 48.8 Å². The lowest BCUT2D eigenvalue weighted by Crippen LogP contribution is -2.36. The van der Waals surface area contributed by atoms with E-state index in [1.165, 1.54) is 11.3 Å². The maximum atomic E-state index is 12.2. The van der Waals surface area contributed by atoms with Gasteiger partial charge in [0, 0.05) is 42.4 Å². The van der Waals surface area contributed by atoms with Gasteiger partial charge in [0.05, 0.1) is 11.7 Å². The van der Waals surface area contributed by atoms with Crippen molar-refractivity contribution >= 4 is 5.82 Å². The molecule has 0 aromatic carbocycles. The number of anilines is 1. The molecule has 3 heterocycles. The van der Waals surface area contributed by atoms with Gasteiger partial charge >= 0.3 is 0 Å². The highest BCUT2D eigenvalue weighted by Crippen LogP contribution is 2.30. The molecule has 0 fully saturated rings. The summed E-state index contributed by atoms with van der Waals surface area (Å²) in [6.45, 7) is 5.57. The Morgan fingerprint density at radius 2 is 2.00 bits per heavy atom. The minimum Gasteiger partial charge on any atom is -0.351 e. The Hall–Kier alpha value is -2.24. The van der Waals surface area contributed by atoms with Crippen LogP contribution in [0.2, 0.25) is 0 Å². The van der Waals surface area contributed by atoms with Crippen molar-refractivity contribution < 1.29 is 0 Å². The van der Waals surface area contributed by atoms with E-state index < -0.39 is 0 Å². The van der Waals surface area contributed by atoms with Crippen molar-refractivity contribution in [2.75, 3.05) is 11.4 Å². The molecule has 0 saturated carbocycles. The molecule has 2 aliphatic rings. The van der Waals surface area contributed by atoms with E-state index >= 15 is 0 Å². The van der Waals surface area contributed by atoms with Crippen LogP contribution in [0.4, 0.5) is 5.82 Å². The number of aromatic nitrogens is 4. The van der Waals surface area contributed by atoms with Crippen LogP contribution >= 0.6 is 0 Å². The van der Waals surface area contributed by atoms with Gasteiger partial charge in [-0.3, -0.25) is 4.79 Å². The van der Waals surface area contributed by atoms with E-state index in [9.17, 15) is 4.79 Å². The molecule has 0 spiro atoms. The molecule has 2 aromatic heterocycles. The quantitative estimate of drug-likeness (QED) is 0.844. The molecule has 6 heteroatoms. The van der Waals surface area contributed by atoms with Crippen LogP contribution in [-0.4, -0.2) is 26.3 Å². The average molecular weight is 311 g/mol. The number of rotatable bonds is 2. The maximum Gasteiger partial charge on any atom is 0.267 e. The molecule has 6 nitrogen and oxygen atoms in total. The Morgan fingerprint density at radius 3 is 2.83 bits per heavy atom. The molecule has 0 atom stereocenters. The third-order valence-electron chi connectivity index (χ3n) is 4.74. The minimum atomic E-state index is -0.0199. The van der Waals surface area contributed by atoms with Gasteiger partial charge in [-0.1, -0.05) is 0 Å². The van der Waals surface area contributed by atoms with Gasteiger partial charge in [-0.2, -0.15) is 5.10 Å². The Kier molecular flexibility index (Phi) is 3.39. The summed E-state index contributed by atoms with van der Waals surface area (Å²) in [7, 11) is 0. The molecule has 23 heavy (non-hydrogen) atoms. The van der Waals surface area contributed by atoms with E-state index in [-0.39, 0.29) is 11.6 Å². The summed E-state index contributed by atoms with van der Waals surface area (Å²) in [4.78, 5) is 23.4. The third-order valence-corrected chi connectivity index (χ3v) is 4.74. The number of hydrogen-bond donors (Lipinski definition) is 0. The van der Waals surface area contributed by atoms with Crippen LogP contribution in [-0.2, 0) is 25.8 Å². The fourth-order valence-electron chi connectivity index (χ4n) is 3.58. The molecule has 0 unspecified atom stereocenters. The lowest BCUT2D eigenvalue weighted by atomic mass is 10.1. The summed E-state index contributed by atoms with van der Waals surface area (Å²) >= 11 is 0. The summed E-state index contributed by atoms with van der Waals surface area (Å²) < 4.78 is 1.58. The third kappa shape index (κ3) is 2.42. The first-order valence-corrected chi connectivity index (χ1v) is 8.33. The summed E-state index contributed by atoms with van der Waals surface area (Å²) in [6, 6.07) is 1.84. The fraction of sp³-hybridized carbons (Fsp3) is 0.529. The zero-order chi connectivity index (χ0) is 16.0. The van der Waals surface area contributed by atoms with Crippen molar-refractivity contribution in [1.82, 2.24) is 19.7 Å². The van der Waals surface area contributed by atoms with Crippen molar-refractivity contribution in [2.45, 2.75) is 52.1 Å². The molecule has 1 aliphatic heterocycles. The lowest BCUT2D eigenvalue weighted by Gasteiger charge is -2.30. The molecule has 0 bridgehead atoms. The van der Waals surface area contributed by atoms with E-state index in [2.05, 4.69) is 20.0 Å². The van der Waals surface area contributed by atoms with Gasteiger partial charge in [0.1, 0.15) is 12.1 Å². The molecule has 0 radical (unpaired) electrons. The zero-order valence-corrected chi connectivity index (χ0v) is 13.6. The Morgan fingerprint density at radius 1 is 1.13 bits per heavy atom. The predicted octanol–water partition coefficient (Wildman–Crippen LogP) is 1.67. The highest BCUT2D eigenvalue weighted by Gasteiger charge is 2.25. The van der Waals surface area contributed by atoms with E-state index in [1.54, 1.807) is 17.1 Å². The molecular weight excluding hydrogens is 290 g/mol. The molecule has 0 N–H and O–H groups in total. The number of aryl methyl sites for hydroxylation is 1. The van der Waals surface area contributed by atoms with Gasteiger partial charge in [-0.25, -0.2) is 14.6 Å². The molecule has 120 valence electrons. The van der Waals surface area contributed by atoms with E-state index in [0.717, 1.165) is 49.3 Å². The molecule has 0 amide bonds. The first kappa shape index (κ1) is 14.4. The van der Waals surface area contributed by atoms with E-state index in [4.69, 9.17) is 0 Å². The van der Waals surface area contributed by atoms with Crippen LogP contribution in [0.15, 0.2) is 17.2 Å². The fourth-order valence-corrected chi connectivity index (χ4v) is 3.58. The van der Waals surface area contributed by atoms with E-state index in [1.807, 2.05) is 13.8 Å². The SMILES string of the molecule is CC(C)n1nc2c(cc1=O)CN(c1ncnc3c1CCC3)CC2. The molecular formula is C17H21N5O. The lowest BCUT2D eigenvalue weighted by molar-refractivity contribution is 0.484. The van der Waals surface area contributed by atoms with Crippen molar-refractivity contribution in [2.24, 2.45) is 0 Å². The summed E-state index contributed by atoms with van der Waals surface area (Å²) in [5, 5.41) is 4.56. The van der Waals surface area contributed by atoms with Crippen LogP contribution in [0.5, 0.6) is 0 Å². The normalized spacial score (nSPS) is 16.6. The zero-order valence-electron chi connectivity index (χ0n) is 13.6. The minimum absolute atomic E-state index is 0.0199. The summed E-state index contributed by atoms with van der Waals surface area (Å²) in [6.07, 6.45) is 5.79. The predicted molar refractivity (Wildman–Crippen MR) is 87.7 cm³/mol. The van der Waals surface area contributed by atoms with Gasteiger partial charge < -0.3 is 4.90 Å². The second-order valence-corrected chi connectivity index (χ2v) is 6.64. The number of hydrogen-bond acceptors (Lipinski definition) is 5. The summed E-state index contributed by atoms with van der Waals surface area (Å²) in [5.74, 6) is 1.05. The van der Waals surface area contributed by atoms with Crippen LogP contribution in [0.3, 0.4) is 0 Å². The molecule has 1 aliphatic carbocycles. The Labute approximate surface area is 135 Å². The Balaban J connectivity index is 1.69.